The lowest BCUT2D eigenvalue weighted by Crippen LogP contribution is -2.04. The van der Waals surface area contributed by atoms with Crippen LogP contribution >= 0.6 is 11.6 Å². The Morgan fingerprint density at radius 2 is 2.11 bits per heavy atom. The summed E-state index contributed by atoms with van der Waals surface area (Å²) in [5.74, 6) is -0.143. The maximum Gasteiger partial charge on any atom is 0.340 e. The summed E-state index contributed by atoms with van der Waals surface area (Å²) in [5.41, 5.74) is 0.913. The molecule has 1 aliphatic rings. The first-order chi connectivity index (χ1) is 9.00. The molecule has 1 aliphatic carbocycles. The molecule has 1 aromatic heterocycles. The number of hydrogen-bond acceptors (Lipinski definition) is 2. The second kappa shape index (κ2) is 5.95. The Bertz CT molecular complexity index is 462. The zero-order valence-electron chi connectivity index (χ0n) is 11.5. The lowest BCUT2D eigenvalue weighted by Gasteiger charge is -2.06. The van der Waals surface area contributed by atoms with Gasteiger partial charge >= 0.3 is 5.97 Å². The van der Waals surface area contributed by atoms with E-state index in [0.29, 0.717) is 18.2 Å². The molecule has 19 heavy (non-hydrogen) atoms. The van der Waals surface area contributed by atoms with Crippen molar-refractivity contribution in [1.29, 1.82) is 0 Å². The van der Waals surface area contributed by atoms with Crippen LogP contribution in [0.5, 0.6) is 0 Å². The van der Waals surface area contributed by atoms with E-state index in [-0.39, 0.29) is 16.6 Å². The minimum absolute atomic E-state index is 0.220. The van der Waals surface area contributed by atoms with Gasteiger partial charge in [0.1, 0.15) is 10.7 Å². The van der Waals surface area contributed by atoms with E-state index in [1.807, 2.05) is 0 Å². The fourth-order valence-corrected chi connectivity index (χ4v) is 2.97. The van der Waals surface area contributed by atoms with Gasteiger partial charge in [-0.15, -0.1) is 0 Å². The second-order valence-corrected chi connectivity index (χ2v) is 6.10. The van der Waals surface area contributed by atoms with Gasteiger partial charge < -0.3 is 5.11 Å². The molecule has 0 aromatic carbocycles. The van der Waals surface area contributed by atoms with Gasteiger partial charge in [0.15, 0.2) is 0 Å². The molecule has 106 valence electrons. The van der Waals surface area contributed by atoms with Gasteiger partial charge in [0, 0.05) is 12.5 Å². The number of carbonyl (C=O) groups is 1. The van der Waals surface area contributed by atoms with Gasteiger partial charge in [-0.25, -0.2) is 4.79 Å². The van der Waals surface area contributed by atoms with Crippen molar-refractivity contribution in [2.24, 2.45) is 5.92 Å². The van der Waals surface area contributed by atoms with E-state index in [1.54, 1.807) is 4.68 Å². The minimum Gasteiger partial charge on any atom is -0.478 e. The molecule has 1 fully saturated rings. The first-order valence-electron chi connectivity index (χ1n) is 7.00. The summed E-state index contributed by atoms with van der Waals surface area (Å²) in [6, 6.07) is 0. The van der Waals surface area contributed by atoms with Crippen LogP contribution in [0, 0.1) is 5.92 Å². The Balaban J connectivity index is 2.30. The maximum atomic E-state index is 11.4. The van der Waals surface area contributed by atoms with Crippen LogP contribution < -0.4 is 0 Å². The highest BCUT2D eigenvalue weighted by molar-refractivity contribution is 6.32. The molecular weight excluding hydrogens is 264 g/mol. The molecule has 0 atom stereocenters. The van der Waals surface area contributed by atoms with Crippen molar-refractivity contribution in [1.82, 2.24) is 9.78 Å². The number of aromatic carboxylic acids is 1. The van der Waals surface area contributed by atoms with Gasteiger partial charge in [0.05, 0.1) is 5.69 Å². The SMILES string of the molecule is CC(C)CCn1nc(C2CCCC2)c(C(=O)O)c1Cl. The van der Waals surface area contributed by atoms with Crippen molar-refractivity contribution in [2.45, 2.75) is 58.4 Å². The number of nitrogens with zero attached hydrogens (tertiary/aromatic N) is 2. The van der Waals surface area contributed by atoms with Crippen LogP contribution in [0.1, 0.15) is 67.9 Å². The number of hydrogen-bond donors (Lipinski definition) is 1. The van der Waals surface area contributed by atoms with Crippen LogP contribution in [0.25, 0.3) is 0 Å². The van der Waals surface area contributed by atoms with Crippen molar-refractivity contribution in [3.8, 4) is 0 Å². The molecule has 1 saturated carbocycles. The van der Waals surface area contributed by atoms with E-state index in [9.17, 15) is 9.90 Å². The first-order valence-corrected chi connectivity index (χ1v) is 7.38. The van der Waals surface area contributed by atoms with Crippen LogP contribution in [0.2, 0.25) is 5.15 Å². The van der Waals surface area contributed by atoms with E-state index < -0.39 is 5.97 Å². The molecule has 4 nitrogen and oxygen atoms in total. The highest BCUT2D eigenvalue weighted by atomic mass is 35.5. The molecule has 1 N–H and O–H groups in total. The molecule has 2 rings (SSSR count). The number of carboxylic acid groups (broad SMARTS) is 1. The lowest BCUT2D eigenvalue weighted by molar-refractivity contribution is 0.0695. The average Bonchev–Trinajstić information content (AvgIpc) is 2.93. The summed E-state index contributed by atoms with van der Waals surface area (Å²) in [6.45, 7) is 4.95. The Morgan fingerprint density at radius 3 is 2.63 bits per heavy atom. The first kappa shape index (κ1) is 14.4. The molecule has 0 unspecified atom stereocenters. The smallest absolute Gasteiger partial charge is 0.340 e. The summed E-state index contributed by atoms with van der Waals surface area (Å²) in [7, 11) is 0. The molecule has 0 aliphatic heterocycles. The molecule has 0 spiro atoms. The van der Waals surface area contributed by atoms with Crippen molar-refractivity contribution in [2.75, 3.05) is 0 Å². The monoisotopic (exact) mass is 284 g/mol. The van der Waals surface area contributed by atoms with Crippen molar-refractivity contribution >= 4 is 17.6 Å². The number of rotatable bonds is 5. The third-order valence-electron chi connectivity index (χ3n) is 3.79. The van der Waals surface area contributed by atoms with Gasteiger partial charge in [-0.2, -0.15) is 5.10 Å². The molecule has 1 heterocycles. The molecular formula is C14H21ClN2O2. The Morgan fingerprint density at radius 1 is 1.47 bits per heavy atom. The Hall–Kier alpha value is -1.03. The largest absolute Gasteiger partial charge is 0.478 e. The van der Waals surface area contributed by atoms with E-state index in [1.165, 1.54) is 0 Å². The standard InChI is InChI=1S/C14H21ClN2O2/c1-9(2)7-8-17-13(15)11(14(18)19)12(16-17)10-5-3-4-6-10/h9-10H,3-8H2,1-2H3,(H,18,19). The van der Waals surface area contributed by atoms with Crippen LogP contribution in [0.15, 0.2) is 0 Å². The van der Waals surface area contributed by atoms with E-state index >= 15 is 0 Å². The predicted molar refractivity (Wildman–Crippen MR) is 74.9 cm³/mol. The van der Waals surface area contributed by atoms with Gasteiger partial charge in [-0.3, -0.25) is 4.68 Å². The predicted octanol–water partition coefficient (Wildman–Crippen LogP) is 3.94. The lowest BCUT2D eigenvalue weighted by atomic mass is 10.0. The molecule has 0 radical (unpaired) electrons. The highest BCUT2D eigenvalue weighted by Gasteiger charge is 2.29. The fourth-order valence-electron chi connectivity index (χ4n) is 2.67. The molecule has 0 amide bonds. The van der Waals surface area contributed by atoms with Gasteiger partial charge in [0.2, 0.25) is 0 Å². The summed E-state index contributed by atoms with van der Waals surface area (Å²) < 4.78 is 1.67. The number of aryl methyl sites for hydroxylation is 1. The van der Waals surface area contributed by atoms with E-state index in [0.717, 1.165) is 32.1 Å². The van der Waals surface area contributed by atoms with Crippen molar-refractivity contribution < 1.29 is 9.90 Å². The quantitative estimate of drug-likeness (QED) is 0.891. The summed E-state index contributed by atoms with van der Waals surface area (Å²) >= 11 is 6.21. The normalized spacial score (nSPS) is 16.4. The minimum atomic E-state index is -0.956. The second-order valence-electron chi connectivity index (χ2n) is 5.74. The molecule has 0 bridgehead atoms. The van der Waals surface area contributed by atoms with Crippen LogP contribution in [-0.2, 0) is 6.54 Å². The zero-order chi connectivity index (χ0) is 14.0. The summed E-state index contributed by atoms with van der Waals surface area (Å²) in [4.78, 5) is 11.4. The maximum absolute atomic E-state index is 11.4. The van der Waals surface area contributed by atoms with Crippen LogP contribution in [0.4, 0.5) is 0 Å². The fraction of sp³-hybridized carbons (Fsp3) is 0.714. The Labute approximate surface area is 118 Å². The Kier molecular flexibility index (Phi) is 4.50. The topological polar surface area (TPSA) is 55.1 Å². The van der Waals surface area contributed by atoms with Crippen molar-refractivity contribution in [3.63, 3.8) is 0 Å². The average molecular weight is 285 g/mol. The molecule has 5 heteroatoms. The highest BCUT2D eigenvalue weighted by Crippen LogP contribution is 2.37. The molecule has 1 aromatic rings. The summed E-state index contributed by atoms with van der Waals surface area (Å²) in [5, 5.41) is 14.1. The third kappa shape index (κ3) is 3.11. The van der Waals surface area contributed by atoms with Crippen molar-refractivity contribution in [3.05, 3.63) is 16.4 Å². The van der Waals surface area contributed by atoms with Gasteiger partial charge in [-0.1, -0.05) is 38.3 Å². The zero-order valence-corrected chi connectivity index (χ0v) is 12.3. The molecule has 0 saturated heterocycles. The van der Waals surface area contributed by atoms with Crippen LogP contribution in [0.3, 0.4) is 0 Å². The van der Waals surface area contributed by atoms with Gasteiger partial charge in [-0.05, 0) is 25.2 Å². The number of halogens is 1. The van der Waals surface area contributed by atoms with Gasteiger partial charge in [0.25, 0.3) is 0 Å². The number of aromatic nitrogens is 2. The van der Waals surface area contributed by atoms with E-state index in [2.05, 4.69) is 18.9 Å². The van der Waals surface area contributed by atoms with E-state index in [4.69, 9.17) is 11.6 Å². The summed E-state index contributed by atoms with van der Waals surface area (Å²) in [6.07, 6.45) is 5.31. The third-order valence-corrected chi connectivity index (χ3v) is 4.18. The van der Waals surface area contributed by atoms with Crippen LogP contribution in [-0.4, -0.2) is 20.9 Å². The number of carboxylic acids is 1.